The first kappa shape index (κ1) is 42.7. The molecule has 0 radical (unpaired) electrons. The van der Waals surface area contributed by atoms with E-state index in [1.807, 2.05) is 85.3 Å². The molecule has 6 aromatic carbocycles. The Balaban J connectivity index is 0.00000525. The number of rotatable bonds is 10. The zero-order chi connectivity index (χ0) is 44.1. The third-order valence-corrected chi connectivity index (χ3v) is 11.7. The molecule has 0 saturated heterocycles. The van der Waals surface area contributed by atoms with Crippen LogP contribution in [0, 0.1) is 18.2 Å². The minimum Gasteiger partial charge on any atom is -0.352 e. The van der Waals surface area contributed by atoms with Gasteiger partial charge in [0.25, 0.3) is 0 Å². The minimum absolute atomic E-state index is 0. The van der Waals surface area contributed by atoms with Crippen molar-refractivity contribution in [3.8, 4) is 112 Å². The summed E-state index contributed by atoms with van der Waals surface area (Å²) in [6.07, 6.45) is 9.11. The van der Waals surface area contributed by atoms with Gasteiger partial charge < -0.3 is 24.9 Å². The number of aromatic nitrogens is 5. The van der Waals surface area contributed by atoms with Crippen molar-refractivity contribution in [3.63, 3.8) is 0 Å². The largest absolute Gasteiger partial charge is 3.00 e. The summed E-state index contributed by atoms with van der Waals surface area (Å²) in [5.74, 6) is 0. The molecule has 0 unspecified atom stereocenters. The average Bonchev–Trinajstić information content (AvgIpc) is 3.41. The number of hydrogen-bond donors (Lipinski definition) is 0. The maximum absolute atomic E-state index is 4.98. The Hall–Kier alpha value is -8.28. The van der Waals surface area contributed by atoms with E-state index in [9.17, 15) is 0 Å². The molecule has 0 aliphatic carbocycles. The molecule has 316 valence electrons. The van der Waals surface area contributed by atoms with Crippen molar-refractivity contribution in [2.24, 2.45) is 0 Å². The number of nitrogens with zero attached hydrogens (tertiary/aromatic N) is 5. The summed E-state index contributed by atoms with van der Waals surface area (Å²) in [4.78, 5) is 23.7. The van der Waals surface area contributed by atoms with Crippen molar-refractivity contribution in [3.05, 3.63) is 249 Å². The normalized spacial score (nSPS) is 10.9. The van der Waals surface area contributed by atoms with Gasteiger partial charge in [0.2, 0.25) is 0 Å². The van der Waals surface area contributed by atoms with Gasteiger partial charge in [-0.1, -0.05) is 169 Å². The molecule has 0 atom stereocenters. The van der Waals surface area contributed by atoms with Gasteiger partial charge in [-0.3, -0.25) is 0 Å². The third kappa shape index (κ3) is 8.92. The van der Waals surface area contributed by atoms with E-state index >= 15 is 0 Å². The third-order valence-electron chi connectivity index (χ3n) is 11.7. The molecular formula is C61H38IrN5. The topological polar surface area (TPSA) is 64.5 Å². The van der Waals surface area contributed by atoms with Crippen LogP contribution in [0.1, 0.15) is 0 Å². The summed E-state index contributed by atoms with van der Waals surface area (Å²) in [5, 5.41) is 0. The second-order valence-corrected chi connectivity index (χ2v) is 15.8. The van der Waals surface area contributed by atoms with Crippen LogP contribution in [0.2, 0.25) is 0 Å². The van der Waals surface area contributed by atoms with Crippen LogP contribution in [0.25, 0.3) is 112 Å². The first-order valence-corrected chi connectivity index (χ1v) is 21.8. The number of hydrogen-bond acceptors (Lipinski definition) is 5. The van der Waals surface area contributed by atoms with Crippen LogP contribution in [0.15, 0.2) is 231 Å². The molecule has 0 saturated carbocycles. The zero-order valence-corrected chi connectivity index (χ0v) is 38.4. The first-order valence-electron chi connectivity index (χ1n) is 21.8. The van der Waals surface area contributed by atoms with Crippen molar-refractivity contribution in [1.82, 2.24) is 24.9 Å². The first-order chi connectivity index (χ1) is 32.7. The standard InChI is InChI=1S/C61H38N5.Ir/c1-2-16-42(17-3-1)56-39-43(57-24-10-13-33-62-57)27-30-53(56)52-21-7-4-18-49(52)46-36-47(50-19-5-8-22-54(50)60-31-28-44(40-65-60)58-25-11-14-34-63-58)38-48(37-46)51-20-6-9-23-55(51)61-32-29-45(41-66-61)59-26-12-15-35-64-59;/h1-26,30-41H;/q-3;+3. The summed E-state index contributed by atoms with van der Waals surface area (Å²) in [5.41, 5.74) is 19.5. The maximum atomic E-state index is 4.98. The molecule has 0 aliphatic heterocycles. The summed E-state index contributed by atoms with van der Waals surface area (Å²) >= 11 is 0. The van der Waals surface area contributed by atoms with Crippen LogP contribution < -0.4 is 0 Å². The molecule has 11 aromatic rings. The van der Waals surface area contributed by atoms with Crippen LogP contribution in [0.4, 0.5) is 0 Å². The minimum atomic E-state index is 0. The summed E-state index contributed by atoms with van der Waals surface area (Å²) < 4.78 is 0. The van der Waals surface area contributed by atoms with Crippen molar-refractivity contribution in [2.75, 3.05) is 0 Å². The predicted octanol–water partition coefficient (Wildman–Crippen LogP) is 14.7. The van der Waals surface area contributed by atoms with Crippen LogP contribution in [-0.4, -0.2) is 24.9 Å². The van der Waals surface area contributed by atoms with Crippen molar-refractivity contribution in [1.29, 1.82) is 0 Å². The Kier molecular flexibility index (Phi) is 12.4. The van der Waals surface area contributed by atoms with E-state index in [4.69, 9.17) is 9.97 Å². The second kappa shape index (κ2) is 19.4. The SMILES string of the molecule is [Ir+3].[c-]1cc(-c2ccccc2-c2cc(-c3ccccc3-c3c[c-]c(-c4ccccn4)cn3)cc(-c3ccccc3-c3c[c-]c(-c4ccccn4)cc3-c3ccccc3)c2)ncc1-c1ccccn1. The molecule has 6 heteroatoms. The quantitative estimate of drug-likeness (QED) is 0.128. The molecule has 5 heterocycles. The molecule has 0 fully saturated rings. The summed E-state index contributed by atoms with van der Waals surface area (Å²) in [6, 6.07) is 79.5. The van der Waals surface area contributed by atoms with E-state index < -0.39 is 0 Å². The van der Waals surface area contributed by atoms with Gasteiger partial charge in [-0.25, -0.2) is 0 Å². The molecule has 0 spiro atoms. The Bertz CT molecular complexity index is 3290. The fourth-order valence-corrected chi connectivity index (χ4v) is 8.55. The molecule has 67 heavy (non-hydrogen) atoms. The maximum Gasteiger partial charge on any atom is 3.00 e. The van der Waals surface area contributed by atoms with Gasteiger partial charge >= 0.3 is 20.1 Å². The van der Waals surface area contributed by atoms with E-state index in [1.54, 1.807) is 12.4 Å². The van der Waals surface area contributed by atoms with Gasteiger partial charge in [0.1, 0.15) is 0 Å². The Morgan fingerprint density at radius 1 is 0.254 bits per heavy atom. The second-order valence-electron chi connectivity index (χ2n) is 15.8. The smallest absolute Gasteiger partial charge is 0.352 e. The van der Waals surface area contributed by atoms with Gasteiger partial charge in [-0.2, -0.15) is 0 Å². The molecule has 0 amide bonds. The number of pyridine rings is 5. The fourth-order valence-electron chi connectivity index (χ4n) is 8.55. The van der Waals surface area contributed by atoms with Crippen LogP contribution in [0.3, 0.4) is 0 Å². The van der Waals surface area contributed by atoms with E-state index in [0.29, 0.717) is 0 Å². The van der Waals surface area contributed by atoms with Crippen LogP contribution in [0.5, 0.6) is 0 Å². The molecule has 5 nitrogen and oxygen atoms in total. The van der Waals surface area contributed by atoms with Gasteiger partial charge in [-0.15, -0.1) is 59.2 Å². The molecular weight excluding hydrogens is 995 g/mol. The molecule has 0 bridgehead atoms. The summed E-state index contributed by atoms with van der Waals surface area (Å²) in [7, 11) is 0. The molecule has 11 rings (SSSR count). The van der Waals surface area contributed by atoms with Gasteiger partial charge in [0.05, 0.1) is 0 Å². The average molecular weight is 1030 g/mol. The van der Waals surface area contributed by atoms with Gasteiger partial charge in [-0.05, 0) is 115 Å². The molecule has 0 N–H and O–H groups in total. The number of benzene rings is 6. The zero-order valence-electron chi connectivity index (χ0n) is 36.0. The Morgan fingerprint density at radius 2 is 0.642 bits per heavy atom. The molecule has 0 aliphatic rings. The van der Waals surface area contributed by atoms with E-state index in [-0.39, 0.29) is 20.1 Å². The van der Waals surface area contributed by atoms with Crippen LogP contribution >= 0.6 is 0 Å². The Morgan fingerprint density at radius 3 is 1.07 bits per heavy atom. The van der Waals surface area contributed by atoms with E-state index in [0.717, 1.165) is 112 Å². The van der Waals surface area contributed by atoms with Crippen molar-refractivity contribution in [2.45, 2.75) is 0 Å². The van der Waals surface area contributed by atoms with E-state index in [2.05, 4.69) is 167 Å². The van der Waals surface area contributed by atoms with Crippen LogP contribution in [-0.2, 0) is 20.1 Å². The van der Waals surface area contributed by atoms with Crippen molar-refractivity contribution >= 4 is 0 Å². The van der Waals surface area contributed by atoms with Crippen molar-refractivity contribution < 1.29 is 20.1 Å². The fraction of sp³-hybridized carbons (Fsp3) is 0. The summed E-state index contributed by atoms with van der Waals surface area (Å²) in [6.45, 7) is 0. The predicted molar refractivity (Wildman–Crippen MR) is 266 cm³/mol. The monoisotopic (exact) mass is 1030 g/mol. The van der Waals surface area contributed by atoms with Gasteiger partial charge in [0, 0.05) is 18.6 Å². The molecule has 5 aromatic heterocycles. The van der Waals surface area contributed by atoms with Gasteiger partial charge in [0.15, 0.2) is 0 Å². The van der Waals surface area contributed by atoms with E-state index in [1.165, 1.54) is 0 Å². The Labute approximate surface area is 404 Å².